The molecule has 126 valence electrons. The lowest BCUT2D eigenvalue weighted by molar-refractivity contribution is -0.112. The highest BCUT2D eigenvalue weighted by molar-refractivity contribution is 6.33. The Kier molecular flexibility index (Phi) is 4.45. The lowest BCUT2D eigenvalue weighted by Gasteiger charge is -2.09. The molecule has 0 radical (unpaired) electrons. The number of nitrogens with one attached hydrogen (secondary N) is 2. The summed E-state index contributed by atoms with van der Waals surface area (Å²) >= 11 is 6.20. The zero-order chi connectivity index (χ0) is 18.0. The van der Waals surface area contributed by atoms with Gasteiger partial charge in [-0.25, -0.2) is 0 Å². The highest BCUT2D eigenvalue weighted by atomic mass is 35.5. The van der Waals surface area contributed by atoms with E-state index in [1.54, 1.807) is 18.5 Å². The van der Waals surface area contributed by atoms with Gasteiger partial charge in [0.1, 0.15) is 5.76 Å². The highest BCUT2D eigenvalue weighted by Gasteiger charge is 2.16. The fourth-order valence-electron chi connectivity index (χ4n) is 2.56. The Balaban J connectivity index is 2.09. The minimum atomic E-state index is -0.536. The normalized spacial score (nSPS) is 12.1. The summed E-state index contributed by atoms with van der Waals surface area (Å²) in [5, 5.41) is 14.6. The molecule has 0 aliphatic heterocycles. The first kappa shape index (κ1) is 16.6. The molecule has 0 bridgehead atoms. The van der Waals surface area contributed by atoms with Crippen LogP contribution in [0.4, 0.5) is 5.69 Å². The molecule has 0 aliphatic rings. The number of hydrogen-bond acceptors (Lipinski definition) is 4. The number of benzene rings is 1. The number of rotatable bonds is 4. The van der Waals surface area contributed by atoms with E-state index in [1.165, 1.54) is 18.4 Å². The van der Waals surface area contributed by atoms with E-state index in [1.807, 2.05) is 12.1 Å². The summed E-state index contributed by atoms with van der Waals surface area (Å²) in [6.07, 6.45) is 7.43. The Morgan fingerprint density at radius 3 is 2.92 bits per heavy atom. The van der Waals surface area contributed by atoms with Crippen molar-refractivity contribution in [2.75, 3.05) is 5.32 Å². The molecular formula is C18H15ClN4O2. The van der Waals surface area contributed by atoms with Crippen molar-refractivity contribution in [1.82, 2.24) is 9.97 Å². The van der Waals surface area contributed by atoms with Crippen LogP contribution in [0.3, 0.4) is 0 Å². The number of nitrogens with two attached hydrogens (primary N) is 1. The summed E-state index contributed by atoms with van der Waals surface area (Å²) in [4.78, 5) is 19.8. The number of halogens is 1. The summed E-state index contributed by atoms with van der Waals surface area (Å²) in [6, 6.07) is 5.30. The maximum absolute atomic E-state index is 12.5. The quantitative estimate of drug-likeness (QED) is 0.325. The van der Waals surface area contributed by atoms with Crippen LogP contribution < -0.4 is 11.1 Å². The molecule has 0 saturated heterocycles. The van der Waals surface area contributed by atoms with Gasteiger partial charge in [0, 0.05) is 22.0 Å². The Hall–Kier alpha value is -3.25. The van der Waals surface area contributed by atoms with Crippen molar-refractivity contribution in [3.05, 3.63) is 71.9 Å². The molecule has 3 aromatic rings. The van der Waals surface area contributed by atoms with Crippen LogP contribution in [-0.2, 0) is 4.79 Å². The second-order valence-electron chi connectivity index (χ2n) is 5.29. The third kappa shape index (κ3) is 3.20. The van der Waals surface area contributed by atoms with Gasteiger partial charge in [0.25, 0.3) is 5.91 Å². The summed E-state index contributed by atoms with van der Waals surface area (Å²) in [7, 11) is 0. The van der Waals surface area contributed by atoms with Crippen LogP contribution in [-0.4, -0.2) is 21.0 Å². The number of pyridine rings is 1. The number of aromatic amines is 1. The smallest absolute Gasteiger partial charge is 0.259 e. The van der Waals surface area contributed by atoms with Gasteiger partial charge in [-0.1, -0.05) is 18.2 Å². The zero-order valence-corrected chi connectivity index (χ0v) is 13.8. The summed E-state index contributed by atoms with van der Waals surface area (Å²) in [5.41, 5.74) is 7.27. The maximum Gasteiger partial charge on any atom is 0.259 e. The number of carbonyl (C=O) groups excluding carboxylic acids is 1. The largest absolute Gasteiger partial charge is 0.508 e. The number of amides is 1. The Labute approximate surface area is 148 Å². The summed E-state index contributed by atoms with van der Waals surface area (Å²) in [5.74, 6) is -0.902. The van der Waals surface area contributed by atoms with Crippen LogP contribution in [0.5, 0.6) is 0 Å². The van der Waals surface area contributed by atoms with E-state index in [2.05, 4.69) is 21.9 Å². The standard InChI is InChI=1S/C18H15ClN4O2/c1-10(24)12(3-2-5-20)18(25)23-15-8-11(19)7-14-13-4-6-21-9-16(13)22-17(14)15/h2-9,22,24H,1,20H2,(H,23,25)/b5-2-,12-3+. The van der Waals surface area contributed by atoms with Crippen molar-refractivity contribution in [3.63, 3.8) is 0 Å². The first-order valence-electron chi connectivity index (χ1n) is 7.34. The van der Waals surface area contributed by atoms with Gasteiger partial charge < -0.3 is 21.1 Å². The molecule has 0 aliphatic carbocycles. The van der Waals surface area contributed by atoms with Crippen LogP contribution in [0.25, 0.3) is 21.8 Å². The monoisotopic (exact) mass is 354 g/mol. The van der Waals surface area contributed by atoms with Gasteiger partial charge in [-0.15, -0.1) is 0 Å². The molecule has 0 fully saturated rings. The van der Waals surface area contributed by atoms with E-state index in [9.17, 15) is 9.90 Å². The van der Waals surface area contributed by atoms with Crippen molar-refractivity contribution in [3.8, 4) is 0 Å². The number of nitrogens with zero attached hydrogens (tertiary/aromatic N) is 1. The van der Waals surface area contributed by atoms with Crippen molar-refractivity contribution >= 4 is 45.0 Å². The molecule has 0 saturated carbocycles. The number of H-pyrrole nitrogens is 1. The van der Waals surface area contributed by atoms with Crippen LogP contribution >= 0.6 is 11.6 Å². The third-order valence-corrected chi connectivity index (χ3v) is 3.87. The Morgan fingerprint density at radius 2 is 2.20 bits per heavy atom. The molecule has 3 rings (SSSR count). The van der Waals surface area contributed by atoms with Crippen LogP contribution in [0, 0.1) is 0 Å². The zero-order valence-electron chi connectivity index (χ0n) is 13.1. The number of hydrogen-bond donors (Lipinski definition) is 4. The second-order valence-corrected chi connectivity index (χ2v) is 5.72. The lowest BCUT2D eigenvalue weighted by Crippen LogP contribution is -2.16. The molecule has 5 N–H and O–H groups in total. The molecule has 0 atom stereocenters. The van der Waals surface area contributed by atoms with E-state index in [0.717, 1.165) is 16.3 Å². The van der Waals surface area contributed by atoms with Crippen LogP contribution in [0.1, 0.15) is 0 Å². The molecule has 1 amide bonds. The molecule has 25 heavy (non-hydrogen) atoms. The molecular weight excluding hydrogens is 340 g/mol. The average Bonchev–Trinajstić information content (AvgIpc) is 2.94. The van der Waals surface area contributed by atoms with Gasteiger partial charge in [0.15, 0.2) is 0 Å². The van der Waals surface area contributed by atoms with Gasteiger partial charge in [-0.05, 0) is 36.6 Å². The molecule has 1 aromatic carbocycles. The Bertz CT molecular complexity index is 1050. The first-order valence-corrected chi connectivity index (χ1v) is 7.72. The Morgan fingerprint density at radius 1 is 1.40 bits per heavy atom. The average molecular weight is 355 g/mol. The van der Waals surface area contributed by atoms with Crippen molar-refractivity contribution in [2.45, 2.75) is 0 Å². The molecule has 2 heterocycles. The van der Waals surface area contributed by atoms with Crippen LogP contribution in [0.15, 0.2) is 66.9 Å². The minimum Gasteiger partial charge on any atom is -0.508 e. The van der Waals surface area contributed by atoms with E-state index >= 15 is 0 Å². The van der Waals surface area contributed by atoms with Gasteiger partial charge in [0.05, 0.1) is 28.5 Å². The first-order chi connectivity index (χ1) is 12.0. The number of fused-ring (bicyclic) bond motifs is 3. The number of allylic oxidation sites excluding steroid dienone is 2. The van der Waals surface area contributed by atoms with E-state index < -0.39 is 5.91 Å². The van der Waals surface area contributed by atoms with E-state index in [-0.39, 0.29) is 11.3 Å². The fourth-order valence-corrected chi connectivity index (χ4v) is 2.78. The van der Waals surface area contributed by atoms with Crippen molar-refractivity contribution < 1.29 is 9.90 Å². The minimum absolute atomic E-state index is 0.00685. The maximum atomic E-state index is 12.5. The molecule has 7 heteroatoms. The molecule has 2 aromatic heterocycles. The van der Waals surface area contributed by atoms with E-state index in [0.29, 0.717) is 16.2 Å². The predicted molar refractivity (Wildman–Crippen MR) is 100 cm³/mol. The third-order valence-electron chi connectivity index (χ3n) is 3.65. The second kappa shape index (κ2) is 6.70. The number of aliphatic hydroxyl groups is 1. The highest BCUT2D eigenvalue weighted by Crippen LogP contribution is 2.33. The van der Waals surface area contributed by atoms with Gasteiger partial charge >= 0.3 is 0 Å². The molecule has 0 spiro atoms. The summed E-state index contributed by atoms with van der Waals surface area (Å²) in [6.45, 7) is 3.40. The molecule has 0 unspecified atom stereocenters. The number of aromatic nitrogens is 2. The lowest BCUT2D eigenvalue weighted by atomic mass is 10.1. The number of carbonyl (C=O) groups is 1. The van der Waals surface area contributed by atoms with Crippen LogP contribution in [0.2, 0.25) is 5.02 Å². The SMILES string of the molecule is C=C(O)/C(=C\C=C/N)C(=O)Nc1cc(Cl)cc2c1[nH]c1cnccc12. The van der Waals surface area contributed by atoms with Gasteiger partial charge in [-0.3, -0.25) is 9.78 Å². The topological polar surface area (TPSA) is 104 Å². The van der Waals surface area contributed by atoms with Crippen molar-refractivity contribution in [1.29, 1.82) is 0 Å². The number of anilines is 1. The van der Waals surface area contributed by atoms with Crippen molar-refractivity contribution in [2.24, 2.45) is 5.73 Å². The molecule has 6 nitrogen and oxygen atoms in total. The summed E-state index contributed by atoms with van der Waals surface area (Å²) < 4.78 is 0. The van der Waals surface area contributed by atoms with E-state index in [4.69, 9.17) is 17.3 Å². The number of aliphatic hydroxyl groups excluding tert-OH is 1. The van der Waals surface area contributed by atoms with Gasteiger partial charge in [-0.2, -0.15) is 0 Å². The predicted octanol–water partition coefficient (Wildman–Crippen LogP) is 3.78. The van der Waals surface area contributed by atoms with Gasteiger partial charge in [0.2, 0.25) is 0 Å². The fraction of sp³-hybridized carbons (Fsp3) is 0.